The standard InChI is InChI=1S/C15H13BrClFN2S/c1-8(17)15-19-12-7-11(18)10(16)6-13(12)20(15)9(2)14-4-3-5-21-14/h3-9H,1-2H3. The highest BCUT2D eigenvalue weighted by Gasteiger charge is 2.21. The van der Waals surface area contributed by atoms with Crippen LogP contribution in [0.25, 0.3) is 11.0 Å². The number of rotatable bonds is 3. The van der Waals surface area contributed by atoms with Gasteiger partial charge in [0, 0.05) is 10.9 Å². The summed E-state index contributed by atoms with van der Waals surface area (Å²) in [5, 5.41) is 1.80. The van der Waals surface area contributed by atoms with Crippen LogP contribution >= 0.6 is 38.9 Å². The number of hydrogen-bond acceptors (Lipinski definition) is 2. The van der Waals surface area contributed by atoms with Crippen LogP contribution in [0.1, 0.15) is 36.0 Å². The van der Waals surface area contributed by atoms with Gasteiger partial charge >= 0.3 is 0 Å². The second-order valence-corrected chi connectivity index (χ2v) is 7.39. The first-order chi connectivity index (χ1) is 9.99. The van der Waals surface area contributed by atoms with E-state index in [9.17, 15) is 4.39 Å². The van der Waals surface area contributed by atoms with E-state index in [1.54, 1.807) is 17.4 Å². The molecule has 2 aromatic heterocycles. The molecule has 0 aliphatic heterocycles. The summed E-state index contributed by atoms with van der Waals surface area (Å²) in [4.78, 5) is 5.74. The van der Waals surface area contributed by atoms with Gasteiger partial charge in [-0.3, -0.25) is 0 Å². The first kappa shape index (κ1) is 15.0. The molecule has 0 amide bonds. The maximum absolute atomic E-state index is 13.7. The van der Waals surface area contributed by atoms with Gasteiger partial charge in [0.1, 0.15) is 11.6 Å². The molecule has 0 spiro atoms. The Morgan fingerprint density at radius 2 is 2.14 bits per heavy atom. The van der Waals surface area contributed by atoms with Gasteiger partial charge < -0.3 is 4.57 Å². The van der Waals surface area contributed by atoms with Crippen molar-refractivity contribution in [2.45, 2.75) is 25.3 Å². The molecule has 2 unspecified atom stereocenters. The van der Waals surface area contributed by atoms with Crippen LogP contribution in [0.15, 0.2) is 34.1 Å². The SMILES string of the molecule is CC(Cl)c1nc2cc(F)c(Br)cc2n1C(C)c1cccs1. The summed E-state index contributed by atoms with van der Waals surface area (Å²) in [6, 6.07) is 7.42. The summed E-state index contributed by atoms with van der Waals surface area (Å²) in [6.45, 7) is 3.98. The average Bonchev–Trinajstić information content (AvgIpc) is 3.06. The van der Waals surface area contributed by atoms with Crippen LogP contribution in [0, 0.1) is 5.82 Å². The minimum absolute atomic E-state index is 0.101. The zero-order valence-electron chi connectivity index (χ0n) is 11.5. The molecular formula is C15H13BrClFN2S. The normalized spacial score (nSPS) is 14.5. The van der Waals surface area contributed by atoms with Crippen molar-refractivity contribution in [3.63, 3.8) is 0 Å². The maximum atomic E-state index is 13.7. The molecule has 3 rings (SSSR count). The van der Waals surface area contributed by atoms with Crippen LogP contribution in [-0.2, 0) is 0 Å². The molecule has 2 atom stereocenters. The molecule has 21 heavy (non-hydrogen) atoms. The van der Waals surface area contributed by atoms with Gasteiger partial charge in [0.2, 0.25) is 0 Å². The number of halogens is 3. The lowest BCUT2D eigenvalue weighted by Crippen LogP contribution is -2.10. The van der Waals surface area contributed by atoms with Crippen molar-refractivity contribution in [2.75, 3.05) is 0 Å². The molecular weight excluding hydrogens is 375 g/mol. The predicted octanol–water partition coefficient (Wildman–Crippen LogP) is 5.91. The third-order valence-corrected chi connectivity index (χ3v) is 5.30. The Kier molecular flexibility index (Phi) is 4.08. The number of aromatic nitrogens is 2. The molecule has 0 N–H and O–H groups in total. The first-order valence-corrected chi connectivity index (χ1v) is 8.64. The van der Waals surface area contributed by atoms with E-state index in [-0.39, 0.29) is 17.2 Å². The van der Waals surface area contributed by atoms with Gasteiger partial charge in [-0.2, -0.15) is 0 Å². The molecule has 1 aromatic carbocycles. The molecule has 0 fully saturated rings. The smallest absolute Gasteiger partial charge is 0.139 e. The molecule has 2 nitrogen and oxygen atoms in total. The fraction of sp³-hybridized carbons (Fsp3) is 0.267. The predicted molar refractivity (Wildman–Crippen MR) is 89.8 cm³/mol. The number of alkyl halides is 1. The van der Waals surface area contributed by atoms with Crippen LogP contribution in [-0.4, -0.2) is 9.55 Å². The number of hydrogen-bond donors (Lipinski definition) is 0. The molecule has 3 aromatic rings. The summed E-state index contributed by atoms with van der Waals surface area (Å²) in [6.07, 6.45) is 0. The van der Waals surface area contributed by atoms with Crippen molar-refractivity contribution in [1.29, 1.82) is 0 Å². The van der Waals surface area contributed by atoms with E-state index >= 15 is 0 Å². The second-order valence-electron chi connectivity index (χ2n) is 4.90. The van der Waals surface area contributed by atoms with Crippen molar-refractivity contribution in [2.24, 2.45) is 0 Å². The molecule has 0 aliphatic carbocycles. The van der Waals surface area contributed by atoms with E-state index in [1.807, 2.05) is 18.4 Å². The summed E-state index contributed by atoms with van der Waals surface area (Å²) < 4.78 is 16.3. The maximum Gasteiger partial charge on any atom is 0.139 e. The second kappa shape index (κ2) is 5.71. The minimum Gasteiger partial charge on any atom is -0.319 e. The Balaban J connectivity index is 2.27. The topological polar surface area (TPSA) is 17.8 Å². The molecule has 0 radical (unpaired) electrons. The number of benzene rings is 1. The summed E-state index contributed by atoms with van der Waals surface area (Å²) in [5.74, 6) is 0.440. The van der Waals surface area contributed by atoms with Crippen molar-refractivity contribution in [1.82, 2.24) is 9.55 Å². The van der Waals surface area contributed by atoms with Crippen LogP contribution < -0.4 is 0 Å². The Labute approximate surface area is 139 Å². The van der Waals surface area contributed by atoms with Gasteiger partial charge in [0.15, 0.2) is 0 Å². The van der Waals surface area contributed by atoms with E-state index in [4.69, 9.17) is 11.6 Å². The molecule has 0 aliphatic rings. The molecule has 6 heteroatoms. The Bertz CT molecular complexity index is 783. The number of nitrogens with zero attached hydrogens (tertiary/aromatic N) is 2. The molecule has 110 valence electrons. The largest absolute Gasteiger partial charge is 0.319 e. The minimum atomic E-state index is -0.315. The fourth-order valence-corrected chi connectivity index (χ4v) is 3.71. The van der Waals surface area contributed by atoms with Gasteiger partial charge in [-0.25, -0.2) is 9.37 Å². The van der Waals surface area contributed by atoms with Gasteiger partial charge in [0.25, 0.3) is 0 Å². The van der Waals surface area contributed by atoms with Crippen molar-refractivity contribution in [3.8, 4) is 0 Å². The quantitative estimate of drug-likeness (QED) is 0.511. The molecule has 0 bridgehead atoms. The molecule has 0 saturated carbocycles. The zero-order valence-corrected chi connectivity index (χ0v) is 14.6. The fourth-order valence-electron chi connectivity index (χ4n) is 2.45. The van der Waals surface area contributed by atoms with E-state index in [1.165, 1.54) is 10.9 Å². The van der Waals surface area contributed by atoms with Gasteiger partial charge in [0.05, 0.1) is 26.9 Å². The van der Waals surface area contributed by atoms with Gasteiger partial charge in [-0.1, -0.05) is 6.07 Å². The summed E-state index contributed by atoms with van der Waals surface area (Å²) in [7, 11) is 0. The van der Waals surface area contributed by atoms with E-state index < -0.39 is 0 Å². The first-order valence-electron chi connectivity index (χ1n) is 6.53. The highest BCUT2D eigenvalue weighted by molar-refractivity contribution is 9.10. The van der Waals surface area contributed by atoms with Crippen molar-refractivity contribution in [3.05, 3.63) is 50.6 Å². The third-order valence-electron chi connectivity index (χ3n) is 3.46. The zero-order chi connectivity index (χ0) is 15.1. The lowest BCUT2D eigenvalue weighted by Gasteiger charge is -2.17. The van der Waals surface area contributed by atoms with Gasteiger partial charge in [-0.05, 0) is 47.3 Å². The lowest BCUT2D eigenvalue weighted by atomic mass is 10.2. The van der Waals surface area contributed by atoms with Gasteiger partial charge in [-0.15, -0.1) is 22.9 Å². The average molecular weight is 388 g/mol. The highest BCUT2D eigenvalue weighted by Crippen LogP contribution is 2.34. The third kappa shape index (κ3) is 2.62. The summed E-state index contributed by atoms with van der Waals surface area (Å²) >= 11 is 11.2. The number of thiophene rings is 1. The van der Waals surface area contributed by atoms with Crippen molar-refractivity contribution < 1.29 is 4.39 Å². The lowest BCUT2D eigenvalue weighted by molar-refractivity contribution is 0.619. The molecule has 2 heterocycles. The van der Waals surface area contributed by atoms with Crippen LogP contribution in [0.5, 0.6) is 0 Å². The number of fused-ring (bicyclic) bond motifs is 1. The molecule has 0 saturated heterocycles. The van der Waals surface area contributed by atoms with Crippen LogP contribution in [0.2, 0.25) is 0 Å². The van der Waals surface area contributed by atoms with Crippen LogP contribution in [0.4, 0.5) is 4.39 Å². The highest BCUT2D eigenvalue weighted by atomic mass is 79.9. The van der Waals surface area contributed by atoms with E-state index in [2.05, 4.69) is 38.5 Å². The Morgan fingerprint density at radius 1 is 1.38 bits per heavy atom. The monoisotopic (exact) mass is 386 g/mol. The Morgan fingerprint density at radius 3 is 2.76 bits per heavy atom. The number of imidazole rings is 1. The van der Waals surface area contributed by atoms with E-state index in [0.29, 0.717) is 9.99 Å². The summed E-state index contributed by atoms with van der Waals surface area (Å²) in [5.41, 5.74) is 1.51. The van der Waals surface area contributed by atoms with Crippen LogP contribution in [0.3, 0.4) is 0 Å². The van der Waals surface area contributed by atoms with Crippen molar-refractivity contribution >= 4 is 49.9 Å². The Hall–Kier alpha value is -0.910. The van der Waals surface area contributed by atoms with E-state index in [0.717, 1.165) is 11.3 Å².